The predicted molar refractivity (Wildman–Crippen MR) is 105 cm³/mol. The molecule has 2 amide bonds. The molecule has 29 heavy (non-hydrogen) atoms. The van der Waals surface area contributed by atoms with Crippen LogP contribution in [0.1, 0.15) is 38.5 Å². The van der Waals surface area contributed by atoms with Gasteiger partial charge in [0, 0.05) is 33.9 Å². The zero-order valence-corrected chi connectivity index (χ0v) is 18.0. The molecular formula is C18H33N3O7S. The second-order valence-electron chi connectivity index (χ2n) is 7.55. The van der Waals surface area contributed by atoms with Gasteiger partial charge in [-0.2, -0.15) is 12.7 Å². The van der Waals surface area contributed by atoms with Crippen molar-refractivity contribution in [3.05, 3.63) is 0 Å². The summed E-state index contributed by atoms with van der Waals surface area (Å²) < 4.78 is 43.2. The van der Waals surface area contributed by atoms with Gasteiger partial charge in [-0.1, -0.05) is 0 Å². The van der Waals surface area contributed by atoms with Gasteiger partial charge in [-0.3, -0.25) is 9.59 Å². The van der Waals surface area contributed by atoms with Crippen molar-refractivity contribution in [1.29, 1.82) is 0 Å². The Morgan fingerprint density at radius 2 is 1.83 bits per heavy atom. The van der Waals surface area contributed by atoms with Crippen molar-refractivity contribution in [2.24, 2.45) is 5.92 Å². The first-order valence-corrected chi connectivity index (χ1v) is 11.5. The van der Waals surface area contributed by atoms with E-state index in [0.29, 0.717) is 31.8 Å². The molecular weight excluding hydrogens is 402 g/mol. The standard InChI is InChI=1S/C18H33N3O7S/c1-21(13-18(23)19-7-3-14-11-16(12-14)26-2)29(24,25)20-17(22)6-10-28-15-4-8-27-9-5-15/h14-16H,3-13H2,1-2H3,(H,19,23)(H,20,22). The van der Waals surface area contributed by atoms with Gasteiger partial charge in [0.2, 0.25) is 11.8 Å². The largest absolute Gasteiger partial charge is 0.381 e. The number of carbonyl (C=O) groups excluding carboxylic acids is 2. The van der Waals surface area contributed by atoms with Gasteiger partial charge in [0.25, 0.3) is 0 Å². The van der Waals surface area contributed by atoms with Crippen LogP contribution in [0.4, 0.5) is 0 Å². The summed E-state index contributed by atoms with van der Waals surface area (Å²) in [4.78, 5) is 23.9. The van der Waals surface area contributed by atoms with E-state index in [1.165, 1.54) is 7.05 Å². The van der Waals surface area contributed by atoms with Crippen LogP contribution in [-0.2, 0) is 34.0 Å². The average Bonchev–Trinajstić information content (AvgIpc) is 2.64. The molecule has 2 rings (SSSR count). The van der Waals surface area contributed by atoms with E-state index in [9.17, 15) is 18.0 Å². The summed E-state index contributed by atoms with van der Waals surface area (Å²) in [6.45, 7) is 1.54. The molecule has 0 radical (unpaired) electrons. The molecule has 1 saturated carbocycles. The Bertz CT molecular complexity index is 631. The van der Waals surface area contributed by atoms with Gasteiger partial charge in [-0.25, -0.2) is 4.72 Å². The third-order valence-corrected chi connectivity index (χ3v) is 6.71. The summed E-state index contributed by atoms with van der Waals surface area (Å²) in [7, 11) is -1.13. The van der Waals surface area contributed by atoms with Crippen molar-refractivity contribution in [3.8, 4) is 0 Å². The summed E-state index contributed by atoms with van der Waals surface area (Å²) in [5, 5.41) is 2.71. The summed E-state index contributed by atoms with van der Waals surface area (Å²) in [5.41, 5.74) is 0. The first kappa shape index (κ1) is 24.0. The Hall–Kier alpha value is -1.27. The van der Waals surface area contributed by atoms with E-state index in [-0.39, 0.29) is 25.7 Å². The molecule has 1 aliphatic heterocycles. The summed E-state index contributed by atoms with van der Waals surface area (Å²) in [6.07, 6.45) is 4.65. The lowest BCUT2D eigenvalue weighted by molar-refractivity contribution is -0.122. The molecule has 0 aromatic carbocycles. The Morgan fingerprint density at radius 3 is 2.48 bits per heavy atom. The van der Waals surface area contributed by atoms with Crippen LogP contribution in [0.15, 0.2) is 0 Å². The molecule has 2 N–H and O–H groups in total. The SMILES string of the molecule is COC1CC(CCNC(=O)CN(C)S(=O)(=O)NC(=O)CCOC2CCOCC2)C1. The van der Waals surface area contributed by atoms with Crippen LogP contribution < -0.4 is 10.0 Å². The molecule has 2 fully saturated rings. The van der Waals surface area contributed by atoms with Crippen molar-refractivity contribution in [2.75, 3.05) is 47.1 Å². The number of rotatable bonds is 12. The number of nitrogens with one attached hydrogen (secondary N) is 2. The van der Waals surface area contributed by atoms with E-state index in [0.717, 1.165) is 36.4 Å². The van der Waals surface area contributed by atoms with Crippen LogP contribution >= 0.6 is 0 Å². The van der Waals surface area contributed by atoms with Gasteiger partial charge in [0.15, 0.2) is 0 Å². The summed E-state index contributed by atoms with van der Waals surface area (Å²) in [6, 6.07) is 0. The predicted octanol–water partition coefficient (Wildman–Crippen LogP) is -0.204. The number of hydrogen-bond donors (Lipinski definition) is 2. The number of nitrogens with zero attached hydrogens (tertiary/aromatic N) is 1. The lowest BCUT2D eigenvalue weighted by Crippen LogP contribution is -2.46. The van der Waals surface area contributed by atoms with Gasteiger partial charge in [0.1, 0.15) is 0 Å². The Kier molecular flexibility index (Phi) is 9.76. The van der Waals surface area contributed by atoms with Crippen LogP contribution in [-0.4, -0.2) is 83.8 Å². The molecule has 168 valence electrons. The fraction of sp³-hybridized carbons (Fsp3) is 0.889. The van der Waals surface area contributed by atoms with Gasteiger partial charge in [-0.15, -0.1) is 0 Å². The minimum absolute atomic E-state index is 0.0415. The number of hydrogen-bond acceptors (Lipinski definition) is 7. The van der Waals surface area contributed by atoms with Crippen molar-refractivity contribution in [2.45, 2.75) is 50.7 Å². The highest BCUT2D eigenvalue weighted by molar-refractivity contribution is 7.87. The van der Waals surface area contributed by atoms with Crippen LogP contribution in [0.25, 0.3) is 0 Å². The molecule has 0 unspecified atom stereocenters. The molecule has 11 heteroatoms. The van der Waals surface area contributed by atoms with Crippen LogP contribution in [0.3, 0.4) is 0 Å². The monoisotopic (exact) mass is 435 g/mol. The molecule has 0 aromatic heterocycles. The van der Waals surface area contributed by atoms with E-state index < -0.39 is 22.0 Å². The van der Waals surface area contributed by atoms with Gasteiger partial charge in [-0.05, 0) is 38.0 Å². The molecule has 1 aliphatic carbocycles. The van der Waals surface area contributed by atoms with Crippen molar-refractivity contribution >= 4 is 22.0 Å². The second-order valence-corrected chi connectivity index (χ2v) is 9.33. The van der Waals surface area contributed by atoms with E-state index >= 15 is 0 Å². The van der Waals surface area contributed by atoms with Crippen molar-refractivity contribution in [3.63, 3.8) is 0 Å². The quantitative estimate of drug-likeness (QED) is 0.435. The molecule has 0 bridgehead atoms. The number of methoxy groups -OCH3 is 1. The van der Waals surface area contributed by atoms with E-state index in [4.69, 9.17) is 14.2 Å². The second kappa shape index (κ2) is 11.8. The zero-order valence-electron chi connectivity index (χ0n) is 17.2. The molecule has 2 aliphatic rings. The Morgan fingerprint density at radius 1 is 1.14 bits per heavy atom. The van der Waals surface area contributed by atoms with Gasteiger partial charge in [0.05, 0.1) is 31.8 Å². The lowest BCUT2D eigenvalue weighted by atomic mass is 9.80. The van der Waals surface area contributed by atoms with E-state index in [1.54, 1.807) is 7.11 Å². The Balaban J connectivity index is 1.59. The first-order chi connectivity index (χ1) is 13.8. The number of ether oxygens (including phenoxy) is 3. The minimum atomic E-state index is -4.07. The maximum Gasteiger partial charge on any atom is 0.304 e. The van der Waals surface area contributed by atoms with Gasteiger partial charge >= 0.3 is 10.2 Å². The van der Waals surface area contributed by atoms with Crippen molar-refractivity contribution < 1.29 is 32.2 Å². The number of likely N-dealkylation sites (N-methyl/N-ethyl adjacent to an activating group) is 1. The van der Waals surface area contributed by atoms with E-state index in [2.05, 4.69) is 5.32 Å². The molecule has 0 atom stereocenters. The van der Waals surface area contributed by atoms with E-state index in [1.807, 2.05) is 4.72 Å². The van der Waals surface area contributed by atoms with Crippen molar-refractivity contribution in [1.82, 2.24) is 14.3 Å². The van der Waals surface area contributed by atoms with Crippen LogP contribution in [0.5, 0.6) is 0 Å². The molecule has 0 aromatic rings. The smallest absolute Gasteiger partial charge is 0.304 e. The molecule has 10 nitrogen and oxygen atoms in total. The maximum absolute atomic E-state index is 12.2. The number of carbonyl (C=O) groups is 2. The third kappa shape index (κ3) is 8.55. The first-order valence-electron chi connectivity index (χ1n) is 10.1. The highest BCUT2D eigenvalue weighted by atomic mass is 32.2. The Labute approximate surface area is 172 Å². The third-order valence-electron chi connectivity index (χ3n) is 5.27. The number of amides is 2. The zero-order chi connectivity index (χ0) is 21.3. The molecule has 1 heterocycles. The maximum atomic E-state index is 12.2. The average molecular weight is 436 g/mol. The van der Waals surface area contributed by atoms with Gasteiger partial charge < -0.3 is 19.5 Å². The highest BCUT2D eigenvalue weighted by Gasteiger charge is 2.28. The van der Waals surface area contributed by atoms with Crippen LogP contribution in [0, 0.1) is 5.92 Å². The van der Waals surface area contributed by atoms with Crippen LogP contribution in [0.2, 0.25) is 0 Å². The lowest BCUT2D eigenvalue weighted by Gasteiger charge is -2.34. The molecule has 1 saturated heterocycles. The molecule has 0 spiro atoms. The fourth-order valence-electron chi connectivity index (χ4n) is 3.30. The fourth-order valence-corrected chi connectivity index (χ4v) is 4.13. The summed E-state index contributed by atoms with van der Waals surface area (Å²) in [5.74, 6) is -0.540. The normalized spacial score (nSPS) is 22.9. The summed E-state index contributed by atoms with van der Waals surface area (Å²) >= 11 is 0. The highest BCUT2D eigenvalue weighted by Crippen LogP contribution is 2.31. The topological polar surface area (TPSA) is 123 Å². The minimum Gasteiger partial charge on any atom is -0.381 e.